The van der Waals surface area contributed by atoms with Gasteiger partial charge in [0.1, 0.15) is 0 Å². The first-order valence-electron chi connectivity index (χ1n) is 4.63. The zero-order chi connectivity index (χ0) is 11.4. The summed E-state index contributed by atoms with van der Waals surface area (Å²) in [6.45, 7) is 7.81. The van der Waals surface area contributed by atoms with Gasteiger partial charge in [-0.05, 0) is 19.9 Å². The van der Waals surface area contributed by atoms with Crippen molar-refractivity contribution in [2.24, 2.45) is 0 Å². The molecule has 0 heterocycles. The fourth-order valence-corrected chi connectivity index (χ4v) is 1.21. The summed E-state index contributed by atoms with van der Waals surface area (Å²) in [6, 6.07) is 0. The van der Waals surface area contributed by atoms with Gasteiger partial charge in [-0.25, -0.2) is 4.79 Å². The third kappa shape index (κ3) is 5.77. The van der Waals surface area contributed by atoms with Crippen LogP contribution in [0.1, 0.15) is 13.8 Å². The van der Waals surface area contributed by atoms with Gasteiger partial charge in [0.25, 0.3) is 6.23 Å². The lowest BCUT2D eigenvalue weighted by Crippen LogP contribution is -3.00. The van der Waals surface area contributed by atoms with Crippen LogP contribution in [-0.2, 0) is 9.53 Å². The average Bonchev–Trinajstić information content (AvgIpc) is 1.99. The van der Waals surface area contributed by atoms with Gasteiger partial charge in [0.15, 0.2) is 0 Å². The number of rotatable bonds is 6. The highest BCUT2D eigenvalue weighted by atomic mass is 35.5. The van der Waals surface area contributed by atoms with Gasteiger partial charge in [-0.1, -0.05) is 6.58 Å². The Bertz CT molecular complexity index is 217. The summed E-state index contributed by atoms with van der Waals surface area (Å²) < 4.78 is 5.60. The molecular weight excluding hydrogens is 218 g/mol. The van der Waals surface area contributed by atoms with Crippen molar-refractivity contribution in [3.8, 4) is 0 Å². The largest absolute Gasteiger partial charge is 1.00 e. The number of carbonyl (C=O) groups is 1. The van der Waals surface area contributed by atoms with E-state index in [0.717, 1.165) is 0 Å². The van der Waals surface area contributed by atoms with Gasteiger partial charge < -0.3 is 22.3 Å². The van der Waals surface area contributed by atoms with Crippen molar-refractivity contribution in [2.45, 2.75) is 26.2 Å². The molecule has 1 N–H and O–H groups in total. The standard InChI is InChI=1S/C10H19NO3.ClH/c1-6-7-11(4,5)9(10(12)13)14-8(2)3;/h6,8-9H,1,7H2,2-5H3;1H. The molecule has 0 spiro atoms. The molecule has 5 heteroatoms. The molecule has 0 aliphatic rings. The van der Waals surface area contributed by atoms with E-state index in [-0.39, 0.29) is 23.0 Å². The van der Waals surface area contributed by atoms with Gasteiger partial charge in [0.05, 0.1) is 26.7 Å². The molecule has 15 heavy (non-hydrogen) atoms. The summed E-state index contributed by atoms with van der Waals surface area (Å²) in [4.78, 5) is 11.0. The monoisotopic (exact) mass is 237 g/mol. The number of ether oxygens (including phenoxy) is 1. The second-order valence-corrected chi connectivity index (χ2v) is 4.13. The molecule has 0 rings (SSSR count). The molecule has 0 saturated heterocycles. The first kappa shape index (κ1) is 16.8. The van der Waals surface area contributed by atoms with Crippen LogP contribution in [-0.4, -0.2) is 48.5 Å². The molecule has 1 atom stereocenters. The normalized spacial score (nSPS) is 13.1. The van der Waals surface area contributed by atoms with E-state index in [1.54, 1.807) is 6.08 Å². The minimum Gasteiger partial charge on any atom is -1.00 e. The van der Waals surface area contributed by atoms with E-state index in [2.05, 4.69) is 6.58 Å². The van der Waals surface area contributed by atoms with Crippen LogP contribution in [0.4, 0.5) is 0 Å². The predicted molar refractivity (Wildman–Crippen MR) is 54.8 cm³/mol. The molecule has 0 saturated carbocycles. The average molecular weight is 238 g/mol. The van der Waals surface area contributed by atoms with Crippen LogP contribution < -0.4 is 12.4 Å². The quantitative estimate of drug-likeness (QED) is 0.333. The van der Waals surface area contributed by atoms with Crippen LogP contribution >= 0.6 is 0 Å². The Morgan fingerprint density at radius 3 is 2.27 bits per heavy atom. The molecule has 0 fully saturated rings. The van der Waals surface area contributed by atoms with Gasteiger partial charge in [-0.2, -0.15) is 0 Å². The zero-order valence-electron chi connectivity index (χ0n) is 9.74. The number of quaternary nitrogens is 1. The lowest BCUT2D eigenvalue weighted by Gasteiger charge is -2.34. The highest BCUT2D eigenvalue weighted by molar-refractivity contribution is 5.70. The van der Waals surface area contributed by atoms with Crippen LogP contribution in [0.25, 0.3) is 0 Å². The number of halogens is 1. The maximum atomic E-state index is 11.0. The van der Waals surface area contributed by atoms with Gasteiger partial charge in [-0.3, -0.25) is 4.48 Å². The van der Waals surface area contributed by atoms with Gasteiger partial charge in [0, 0.05) is 0 Å². The molecule has 0 aliphatic heterocycles. The number of carboxylic acid groups (broad SMARTS) is 1. The second-order valence-electron chi connectivity index (χ2n) is 4.13. The van der Waals surface area contributed by atoms with E-state index >= 15 is 0 Å². The molecule has 0 radical (unpaired) electrons. The predicted octanol–water partition coefficient (Wildman–Crippen LogP) is -1.91. The van der Waals surface area contributed by atoms with Crippen molar-refractivity contribution in [2.75, 3.05) is 20.6 Å². The Morgan fingerprint density at radius 1 is 1.53 bits per heavy atom. The summed E-state index contributed by atoms with van der Waals surface area (Å²) in [7, 11) is 3.62. The highest BCUT2D eigenvalue weighted by Crippen LogP contribution is 2.11. The van der Waals surface area contributed by atoms with E-state index < -0.39 is 12.2 Å². The number of nitrogens with zero attached hydrogens (tertiary/aromatic N) is 1. The molecule has 0 aromatic heterocycles. The van der Waals surface area contributed by atoms with Crippen molar-refractivity contribution in [3.05, 3.63) is 12.7 Å². The topological polar surface area (TPSA) is 46.5 Å². The van der Waals surface area contributed by atoms with E-state index in [1.165, 1.54) is 0 Å². The molecule has 0 aromatic rings. The maximum Gasteiger partial charge on any atom is 0.392 e. The number of aliphatic carboxylic acids is 1. The van der Waals surface area contributed by atoms with Crippen LogP contribution in [0.5, 0.6) is 0 Å². The third-order valence-corrected chi connectivity index (χ3v) is 1.85. The number of carboxylic acids is 1. The summed E-state index contributed by atoms with van der Waals surface area (Å²) in [6.07, 6.45) is 0.755. The molecule has 0 bridgehead atoms. The van der Waals surface area contributed by atoms with E-state index in [0.29, 0.717) is 6.54 Å². The summed E-state index contributed by atoms with van der Waals surface area (Å²) >= 11 is 0. The Kier molecular flexibility index (Phi) is 7.66. The summed E-state index contributed by atoms with van der Waals surface area (Å²) in [5.41, 5.74) is 0. The van der Waals surface area contributed by atoms with Crippen molar-refractivity contribution >= 4 is 5.97 Å². The maximum absolute atomic E-state index is 11.0. The lowest BCUT2D eigenvalue weighted by molar-refractivity contribution is -0.923. The first-order valence-corrected chi connectivity index (χ1v) is 4.63. The van der Waals surface area contributed by atoms with Gasteiger partial charge in [0.2, 0.25) is 0 Å². The third-order valence-electron chi connectivity index (χ3n) is 1.85. The van der Waals surface area contributed by atoms with E-state index in [9.17, 15) is 4.79 Å². The number of likely N-dealkylation sites (N-methyl/N-ethyl adjacent to an activating group) is 1. The van der Waals surface area contributed by atoms with E-state index in [1.807, 2.05) is 27.9 Å². The fourth-order valence-electron chi connectivity index (χ4n) is 1.21. The SMILES string of the molecule is C=CC[N+](C)(C)C(OC(C)C)C(=O)O.[Cl-]. The molecular formula is C10H20ClNO3. The summed E-state index contributed by atoms with van der Waals surface area (Å²) in [5.74, 6) is -0.939. The molecule has 0 aromatic carbocycles. The summed E-state index contributed by atoms with van der Waals surface area (Å²) in [5, 5.41) is 9.01. The van der Waals surface area contributed by atoms with Crippen molar-refractivity contribution in [1.82, 2.24) is 0 Å². The smallest absolute Gasteiger partial charge is 0.392 e. The van der Waals surface area contributed by atoms with Crippen LogP contribution in [0.2, 0.25) is 0 Å². The van der Waals surface area contributed by atoms with Gasteiger partial charge >= 0.3 is 5.97 Å². The fraction of sp³-hybridized carbons (Fsp3) is 0.700. The lowest BCUT2D eigenvalue weighted by atomic mass is 10.3. The second kappa shape index (κ2) is 6.82. The highest BCUT2D eigenvalue weighted by Gasteiger charge is 2.35. The van der Waals surface area contributed by atoms with Crippen molar-refractivity contribution in [3.63, 3.8) is 0 Å². The van der Waals surface area contributed by atoms with Crippen LogP contribution in [0.15, 0.2) is 12.7 Å². The van der Waals surface area contributed by atoms with Crippen LogP contribution in [0, 0.1) is 0 Å². The Hall–Kier alpha value is -0.580. The minimum atomic E-state index is -0.939. The van der Waals surface area contributed by atoms with Crippen molar-refractivity contribution < 1.29 is 31.5 Å². The van der Waals surface area contributed by atoms with Gasteiger partial charge in [-0.15, -0.1) is 0 Å². The first-order chi connectivity index (χ1) is 6.31. The molecule has 4 nitrogen and oxygen atoms in total. The van der Waals surface area contributed by atoms with Crippen molar-refractivity contribution in [1.29, 1.82) is 0 Å². The molecule has 1 unspecified atom stereocenters. The minimum absolute atomic E-state index is 0. The molecule has 90 valence electrons. The zero-order valence-corrected chi connectivity index (χ0v) is 10.5. The Morgan fingerprint density at radius 2 is 2.00 bits per heavy atom. The Balaban J connectivity index is 0. The molecule has 0 aliphatic carbocycles. The Labute approximate surface area is 97.5 Å². The number of hydrogen-bond donors (Lipinski definition) is 1. The molecule has 0 amide bonds. The van der Waals surface area contributed by atoms with E-state index in [4.69, 9.17) is 9.84 Å². The number of hydrogen-bond acceptors (Lipinski definition) is 2. The van der Waals surface area contributed by atoms with Crippen LogP contribution in [0.3, 0.4) is 0 Å².